The summed E-state index contributed by atoms with van der Waals surface area (Å²) in [5.41, 5.74) is 6.05. The van der Waals surface area contributed by atoms with Crippen LogP contribution in [0, 0.1) is 0 Å². The first-order valence-corrected chi connectivity index (χ1v) is 13.6. The zero-order valence-corrected chi connectivity index (χ0v) is 23.2. The Balaban J connectivity index is 1.30. The fourth-order valence-corrected chi connectivity index (χ4v) is 5.40. The molecule has 6 rings (SSSR count). The van der Waals surface area contributed by atoms with Gasteiger partial charge in [-0.15, -0.1) is 0 Å². The van der Waals surface area contributed by atoms with E-state index in [0.717, 1.165) is 37.6 Å². The number of anilines is 5. The van der Waals surface area contributed by atoms with E-state index in [-0.39, 0.29) is 5.91 Å². The summed E-state index contributed by atoms with van der Waals surface area (Å²) in [6.07, 6.45) is 2.38. The highest BCUT2D eigenvalue weighted by molar-refractivity contribution is 6.32. The Kier molecular flexibility index (Phi) is 7.19. The van der Waals surface area contributed by atoms with Crippen molar-refractivity contribution in [2.75, 3.05) is 62.4 Å². The molecule has 0 radical (unpaired) electrons. The number of H-pyrrole nitrogens is 1. The Hall–Kier alpha value is -4.28. The van der Waals surface area contributed by atoms with Gasteiger partial charge in [0.05, 0.1) is 40.5 Å². The van der Waals surface area contributed by atoms with Gasteiger partial charge in [-0.3, -0.25) is 4.79 Å². The maximum Gasteiger partial charge on any atom is 0.255 e. The van der Waals surface area contributed by atoms with E-state index in [0.29, 0.717) is 58.0 Å². The third-order valence-electron chi connectivity index (χ3n) is 7.30. The van der Waals surface area contributed by atoms with Crippen molar-refractivity contribution in [3.05, 3.63) is 71.0 Å². The average Bonchev–Trinajstić information content (AvgIpc) is 3.34. The lowest BCUT2D eigenvalue weighted by Crippen LogP contribution is -2.44. The first-order chi connectivity index (χ1) is 19.5. The molecule has 0 spiro atoms. The molecule has 1 amide bonds. The van der Waals surface area contributed by atoms with E-state index in [1.807, 2.05) is 30.3 Å². The second-order valence-electron chi connectivity index (χ2n) is 9.91. The van der Waals surface area contributed by atoms with Crippen LogP contribution in [0.25, 0.3) is 11.4 Å². The van der Waals surface area contributed by atoms with Crippen molar-refractivity contribution in [1.29, 1.82) is 0 Å². The molecule has 206 valence electrons. The van der Waals surface area contributed by atoms with Gasteiger partial charge in [-0.1, -0.05) is 17.7 Å². The summed E-state index contributed by atoms with van der Waals surface area (Å²) in [6, 6.07) is 15.6. The lowest BCUT2D eigenvalue weighted by Gasteiger charge is -2.34. The number of halogens is 1. The number of nitrogens with one attached hydrogen (secondary N) is 4. The van der Waals surface area contributed by atoms with E-state index in [1.54, 1.807) is 19.4 Å². The van der Waals surface area contributed by atoms with Crippen LogP contribution in [0.15, 0.2) is 54.7 Å². The number of carbonyl (C=O) groups excluding carboxylic acids is 1. The van der Waals surface area contributed by atoms with Crippen LogP contribution in [0.1, 0.15) is 16.1 Å². The molecular formula is C29H31ClN8O2. The normalized spacial score (nSPS) is 15.4. The highest BCUT2D eigenvalue weighted by Crippen LogP contribution is 2.40. The Morgan fingerprint density at radius 1 is 1.02 bits per heavy atom. The van der Waals surface area contributed by atoms with E-state index >= 15 is 0 Å². The molecule has 4 heterocycles. The summed E-state index contributed by atoms with van der Waals surface area (Å²) in [5, 5.41) is 10.1. The zero-order valence-electron chi connectivity index (χ0n) is 22.4. The molecule has 4 aromatic rings. The number of ether oxygens (including phenoxy) is 1. The van der Waals surface area contributed by atoms with Crippen molar-refractivity contribution in [2.24, 2.45) is 0 Å². The number of amides is 1. The number of benzene rings is 2. The summed E-state index contributed by atoms with van der Waals surface area (Å²) in [5.74, 6) is 0.791. The van der Waals surface area contributed by atoms with Gasteiger partial charge in [-0.05, 0) is 49.5 Å². The van der Waals surface area contributed by atoms with Crippen LogP contribution in [0.3, 0.4) is 0 Å². The fraction of sp³-hybridized carbons (Fsp3) is 0.276. The SMILES string of the molecule is COc1c(Cl)cccc1Nc1c(-c2ccnc(Nc3ccc(N4CCN(C)CC4)cc3)n2)[nH]c2c1C(=O)NCC2. The standard InChI is InChI=1S/C29H31ClN8O2/c1-37-14-16-38(17-15-37)19-8-6-18(7-9-19)33-29-32-13-11-22(36-29)25-26(24-21(34-25)10-12-31-28(24)39)35-23-5-3-4-20(30)27(23)40-2/h3-9,11,13,34-35H,10,12,14-17H2,1-2H3,(H,31,39)(H,32,33,36). The van der Waals surface area contributed by atoms with Crippen molar-refractivity contribution in [2.45, 2.75) is 6.42 Å². The Bertz CT molecular complexity index is 1530. The molecule has 2 aromatic carbocycles. The van der Waals surface area contributed by atoms with Gasteiger partial charge in [-0.25, -0.2) is 9.97 Å². The number of aromatic amines is 1. The molecule has 0 atom stereocenters. The minimum absolute atomic E-state index is 0.153. The number of methoxy groups -OCH3 is 1. The van der Waals surface area contributed by atoms with Crippen LogP contribution < -0.4 is 25.6 Å². The van der Waals surface area contributed by atoms with Gasteiger partial charge >= 0.3 is 0 Å². The van der Waals surface area contributed by atoms with Gasteiger partial charge in [0.15, 0.2) is 5.75 Å². The summed E-state index contributed by atoms with van der Waals surface area (Å²) in [6.45, 7) is 4.72. The van der Waals surface area contributed by atoms with E-state index < -0.39 is 0 Å². The van der Waals surface area contributed by atoms with Gasteiger partial charge in [0.1, 0.15) is 0 Å². The minimum atomic E-state index is -0.153. The monoisotopic (exact) mass is 558 g/mol. The maximum atomic E-state index is 12.9. The molecule has 0 bridgehead atoms. The Morgan fingerprint density at radius 2 is 1.82 bits per heavy atom. The number of likely N-dealkylation sites (N-methyl/N-ethyl adjacent to an activating group) is 1. The number of carbonyl (C=O) groups is 1. The molecule has 1 saturated heterocycles. The number of para-hydroxylation sites is 1. The third kappa shape index (κ3) is 5.15. The molecule has 0 unspecified atom stereocenters. The van der Waals surface area contributed by atoms with Crippen LogP contribution in [0.5, 0.6) is 5.75 Å². The molecule has 2 aliphatic rings. The average molecular weight is 559 g/mol. The second-order valence-corrected chi connectivity index (χ2v) is 10.3. The summed E-state index contributed by atoms with van der Waals surface area (Å²) in [7, 11) is 3.72. The van der Waals surface area contributed by atoms with Crippen molar-refractivity contribution in [1.82, 2.24) is 25.2 Å². The quantitative estimate of drug-likeness (QED) is 0.259. The Labute approximate surface area is 237 Å². The predicted molar refractivity (Wildman–Crippen MR) is 159 cm³/mol. The van der Waals surface area contributed by atoms with E-state index in [2.05, 4.69) is 54.9 Å². The van der Waals surface area contributed by atoms with Crippen molar-refractivity contribution >= 4 is 46.2 Å². The summed E-state index contributed by atoms with van der Waals surface area (Å²) >= 11 is 6.37. The fourth-order valence-electron chi connectivity index (χ4n) is 5.15. The zero-order chi connectivity index (χ0) is 27.6. The summed E-state index contributed by atoms with van der Waals surface area (Å²) in [4.78, 5) is 30.4. The molecule has 40 heavy (non-hydrogen) atoms. The number of aromatic nitrogens is 3. The third-order valence-corrected chi connectivity index (χ3v) is 7.60. The van der Waals surface area contributed by atoms with Gasteiger partial charge in [0, 0.05) is 62.4 Å². The number of hydrogen-bond donors (Lipinski definition) is 4. The Morgan fingerprint density at radius 3 is 2.60 bits per heavy atom. The maximum absolute atomic E-state index is 12.9. The smallest absolute Gasteiger partial charge is 0.255 e. The number of hydrogen-bond acceptors (Lipinski definition) is 8. The lowest BCUT2D eigenvalue weighted by atomic mass is 10.1. The molecule has 10 nitrogen and oxygen atoms in total. The van der Waals surface area contributed by atoms with Crippen LogP contribution in [-0.4, -0.2) is 72.6 Å². The van der Waals surface area contributed by atoms with Crippen LogP contribution in [-0.2, 0) is 6.42 Å². The molecule has 1 fully saturated rings. The van der Waals surface area contributed by atoms with Gasteiger partial charge < -0.3 is 35.5 Å². The number of nitrogens with zero attached hydrogens (tertiary/aromatic N) is 4. The van der Waals surface area contributed by atoms with E-state index in [9.17, 15) is 4.79 Å². The molecular weight excluding hydrogens is 528 g/mol. The highest BCUT2D eigenvalue weighted by atomic mass is 35.5. The lowest BCUT2D eigenvalue weighted by molar-refractivity contribution is 0.0947. The van der Waals surface area contributed by atoms with Crippen LogP contribution >= 0.6 is 11.6 Å². The van der Waals surface area contributed by atoms with Gasteiger partial charge in [0.2, 0.25) is 5.95 Å². The number of rotatable bonds is 7. The summed E-state index contributed by atoms with van der Waals surface area (Å²) < 4.78 is 5.53. The number of piperazine rings is 1. The van der Waals surface area contributed by atoms with Crippen molar-refractivity contribution < 1.29 is 9.53 Å². The van der Waals surface area contributed by atoms with E-state index in [1.165, 1.54) is 5.69 Å². The minimum Gasteiger partial charge on any atom is -0.493 e. The predicted octanol–water partition coefficient (Wildman–Crippen LogP) is 4.66. The van der Waals surface area contributed by atoms with Gasteiger partial charge in [0.25, 0.3) is 5.91 Å². The van der Waals surface area contributed by atoms with E-state index in [4.69, 9.17) is 21.3 Å². The van der Waals surface area contributed by atoms with Gasteiger partial charge in [-0.2, -0.15) is 0 Å². The molecule has 11 heteroatoms. The first kappa shape index (κ1) is 26.0. The molecule has 0 saturated carbocycles. The van der Waals surface area contributed by atoms with Crippen molar-refractivity contribution in [3.8, 4) is 17.1 Å². The molecule has 0 aliphatic carbocycles. The van der Waals surface area contributed by atoms with Crippen molar-refractivity contribution in [3.63, 3.8) is 0 Å². The largest absolute Gasteiger partial charge is 0.493 e. The molecule has 2 aromatic heterocycles. The molecule has 2 aliphatic heterocycles. The number of fused-ring (bicyclic) bond motifs is 1. The first-order valence-electron chi connectivity index (χ1n) is 13.3. The molecule has 4 N–H and O–H groups in total. The van der Waals surface area contributed by atoms with Crippen LogP contribution in [0.4, 0.5) is 28.7 Å². The topological polar surface area (TPSA) is 110 Å². The van der Waals surface area contributed by atoms with Crippen LogP contribution in [0.2, 0.25) is 5.02 Å². The highest BCUT2D eigenvalue weighted by Gasteiger charge is 2.28. The second kappa shape index (κ2) is 11.1.